The molecule has 0 radical (unpaired) electrons. The minimum Gasteiger partial charge on any atom is -0.491 e. The highest BCUT2D eigenvalue weighted by atomic mass is 16.6. The van der Waals surface area contributed by atoms with Crippen molar-refractivity contribution in [3.05, 3.63) is 77.4 Å². The lowest BCUT2D eigenvalue weighted by molar-refractivity contribution is 0.0173. The Kier molecular flexibility index (Phi) is 6.82. The van der Waals surface area contributed by atoms with Gasteiger partial charge in [-0.15, -0.1) is 0 Å². The molecule has 0 aromatic heterocycles. The molecule has 0 bridgehead atoms. The number of likely N-dealkylation sites (tertiary alicyclic amines) is 1. The molecule has 7 nitrogen and oxygen atoms in total. The minimum absolute atomic E-state index is 0.134. The molecule has 0 unspecified atom stereocenters. The van der Waals surface area contributed by atoms with Crippen molar-refractivity contribution >= 4 is 22.8 Å². The van der Waals surface area contributed by atoms with Crippen LogP contribution in [-0.4, -0.2) is 52.9 Å². The van der Waals surface area contributed by atoms with Crippen LogP contribution in [0.4, 0.5) is 4.79 Å². The number of fused-ring (bicyclic) bond motifs is 1. The third-order valence-electron chi connectivity index (χ3n) is 7.32. The van der Waals surface area contributed by atoms with Crippen molar-refractivity contribution < 1.29 is 24.2 Å². The Bertz CT molecular complexity index is 1350. The summed E-state index contributed by atoms with van der Waals surface area (Å²) in [6.45, 7) is 7.75. The van der Waals surface area contributed by atoms with Crippen LogP contribution in [0.2, 0.25) is 0 Å². The molecular formula is C31H36N2O5. The van der Waals surface area contributed by atoms with E-state index < -0.39 is 17.8 Å². The Morgan fingerprint density at radius 2 is 1.82 bits per heavy atom. The number of carbonyl (C=O) groups excluding carboxylic acids is 2. The Labute approximate surface area is 223 Å². The highest BCUT2D eigenvalue weighted by molar-refractivity contribution is 5.97. The smallest absolute Gasteiger partial charge is 0.410 e. The van der Waals surface area contributed by atoms with E-state index in [1.54, 1.807) is 6.07 Å². The van der Waals surface area contributed by atoms with E-state index in [0.717, 1.165) is 34.7 Å². The lowest BCUT2D eigenvalue weighted by Crippen LogP contribution is -2.42. The number of hydrogen-bond donors (Lipinski definition) is 2. The second-order valence-corrected chi connectivity index (χ2v) is 11.5. The molecule has 2 N–H and O–H groups in total. The normalized spacial score (nSPS) is 20.3. The summed E-state index contributed by atoms with van der Waals surface area (Å²) in [4.78, 5) is 27.7. The van der Waals surface area contributed by atoms with Crippen LogP contribution < -0.4 is 10.1 Å². The van der Waals surface area contributed by atoms with Gasteiger partial charge in [0.05, 0.1) is 24.2 Å². The molecule has 1 aliphatic heterocycles. The number of rotatable bonds is 6. The summed E-state index contributed by atoms with van der Waals surface area (Å²) in [7, 11) is 0. The summed E-state index contributed by atoms with van der Waals surface area (Å²) < 4.78 is 11.5. The van der Waals surface area contributed by atoms with Crippen molar-refractivity contribution in [3.63, 3.8) is 0 Å². The maximum atomic E-state index is 13.5. The van der Waals surface area contributed by atoms with Gasteiger partial charge in [0.25, 0.3) is 5.91 Å². The summed E-state index contributed by atoms with van der Waals surface area (Å²) in [5.41, 5.74) is 1.57. The number of β-amino-alcohol motifs (C(OH)–C–C–N with tert-alkyl or cyclic N) is 1. The Morgan fingerprint density at radius 3 is 2.55 bits per heavy atom. The van der Waals surface area contributed by atoms with E-state index >= 15 is 0 Å². The number of aliphatic hydroxyl groups is 1. The van der Waals surface area contributed by atoms with E-state index in [2.05, 4.69) is 29.6 Å². The molecule has 3 aromatic carbocycles. The average Bonchev–Trinajstić information content (AvgIpc) is 3.54. The summed E-state index contributed by atoms with van der Waals surface area (Å²) >= 11 is 0. The molecule has 3 aromatic rings. The number of carbonyl (C=O) groups is 2. The fourth-order valence-electron chi connectivity index (χ4n) is 5.24. The lowest BCUT2D eigenvalue weighted by atomic mass is 9.96. The SMILES string of the molecule is Cc1ccc(OC[C@H]2C[C@@H](O)CN2C(=O)OC(C)(C)C)cc1C(=O)NC1(c2cccc3ccccc23)CC1. The first-order valence-electron chi connectivity index (χ1n) is 13.3. The molecule has 5 rings (SSSR count). The van der Waals surface area contributed by atoms with Crippen LogP contribution in [0.15, 0.2) is 60.7 Å². The number of ether oxygens (including phenoxy) is 2. The van der Waals surface area contributed by atoms with Crippen LogP contribution in [0.3, 0.4) is 0 Å². The second kappa shape index (κ2) is 9.95. The van der Waals surface area contributed by atoms with E-state index in [-0.39, 0.29) is 30.6 Å². The third-order valence-corrected chi connectivity index (χ3v) is 7.32. The van der Waals surface area contributed by atoms with Gasteiger partial charge in [-0.25, -0.2) is 4.79 Å². The Morgan fingerprint density at radius 1 is 1.08 bits per heavy atom. The summed E-state index contributed by atoms with van der Waals surface area (Å²) in [6, 6.07) is 19.6. The van der Waals surface area contributed by atoms with Crippen LogP contribution in [0.5, 0.6) is 5.75 Å². The summed E-state index contributed by atoms with van der Waals surface area (Å²) in [5, 5.41) is 15.8. The van der Waals surface area contributed by atoms with Crippen molar-refractivity contribution in [1.82, 2.24) is 10.2 Å². The van der Waals surface area contributed by atoms with Gasteiger partial charge in [-0.3, -0.25) is 9.69 Å². The van der Waals surface area contributed by atoms with Crippen molar-refractivity contribution in [2.45, 2.75) is 70.2 Å². The van der Waals surface area contributed by atoms with Crippen LogP contribution in [0.25, 0.3) is 10.8 Å². The van der Waals surface area contributed by atoms with E-state index in [4.69, 9.17) is 9.47 Å². The van der Waals surface area contributed by atoms with Gasteiger partial charge in [-0.2, -0.15) is 0 Å². The Balaban J connectivity index is 1.29. The predicted molar refractivity (Wildman–Crippen MR) is 146 cm³/mol. The molecule has 1 aliphatic carbocycles. The molecular weight excluding hydrogens is 480 g/mol. The number of aliphatic hydroxyl groups excluding tert-OH is 1. The molecule has 1 saturated heterocycles. The molecule has 7 heteroatoms. The van der Waals surface area contributed by atoms with Gasteiger partial charge in [0, 0.05) is 5.56 Å². The van der Waals surface area contributed by atoms with E-state index in [1.165, 1.54) is 4.90 Å². The zero-order chi connectivity index (χ0) is 27.1. The number of benzene rings is 3. The molecule has 1 saturated carbocycles. The van der Waals surface area contributed by atoms with Crippen LogP contribution in [-0.2, 0) is 10.3 Å². The molecule has 2 aliphatic rings. The molecule has 0 spiro atoms. The van der Waals surface area contributed by atoms with Crippen LogP contribution in [0, 0.1) is 6.92 Å². The average molecular weight is 517 g/mol. The largest absolute Gasteiger partial charge is 0.491 e. The van der Waals surface area contributed by atoms with E-state index in [0.29, 0.717) is 17.7 Å². The fraction of sp³-hybridized carbons (Fsp3) is 0.419. The van der Waals surface area contributed by atoms with Gasteiger partial charge in [0.2, 0.25) is 0 Å². The third kappa shape index (κ3) is 5.48. The standard InChI is InChI=1S/C31H36N2O5/c1-20-12-13-24(37-19-22-16-23(34)18-33(22)29(36)38-30(2,3)4)17-26(20)28(35)32-31(14-15-31)27-11-7-9-21-8-5-6-10-25(21)27/h5-13,17,22-23,34H,14-16,18-19H2,1-4H3,(H,32,35)/t22-,23-/m1/s1. The molecule has 2 amide bonds. The molecule has 38 heavy (non-hydrogen) atoms. The van der Waals surface area contributed by atoms with Crippen molar-refractivity contribution in [3.8, 4) is 5.75 Å². The van der Waals surface area contributed by atoms with Crippen LogP contribution in [0.1, 0.15) is 61.5 Å². The van der Waals surface area contributed by atoms with Gasteiger partial charge in [-0.05, 0) is 81.0 Å². The van der Waals surface area contributed by atoms with E-state index in [9.17, 15) is 14.7 Å². The number of nitrogens with one attached hydrogen (secondary N) is 1. The molecule has 2 atom stereocenters. The predicted octanol–water partition coefficient (Wildman–Crippen LogP) is 5.32. The number of hydrogen-bond acceptors (Lipinski definition) is 5. The van der Waals surface area contributed by atoms with E-state index in [1.807, 2.05) is 58.0 Å². The van der Waals surface area contributed by atoms with Gasteiger partial charge in [0.15, 0.2) is 0 Å². The lowest BCUT2D eigenvalue weighted by Gasteiger charge is -2.28. The quantitative estimate of drug-likeness (QED) is 0.463. The van der Waals surface area contributed by atoms with Gasteiger partial charge < -0.3 is 19.9 Å². The maximum Gasteiger partial charge on any atom is 0.410 e. The van der Waals surface area contributed by atoms with Crippen LogP contribution >= 0.6 is 0 Å². The summed E-state index contributed by atoms with van der Waals surface area (Å²) in [5.74, 6) is 0.409. The zero-order valence-corrected chi connectivity index (χ0v) is 22.5. The first kappa shape index (κ1) is 26.0. The molecule has 2 fully saturated rings. The second-order valence-electron chi connectivity index (χ2n) is 11.5. The van der Waals surface area contributed by atoms with Gasteiger partial charge in [0.1, 0.15) is 18.0 Å². The number of amides is 2. The summed E-state index contributed by atoms with van der Waals surface area (Å²) in [6.07, 6.45) is 1.11. The fourth-order valence-corrected chi connectivity index (χ4v) is 5.24. The molecule has 200 valence electrons. The number of nitrogens with zero attached hydrogens (tertiary/aromatic N) is 1. The zero-order valence-electron chi connectivity index (χ0n) is 22.5. The monoisotopic (exact) mass is 516 g/mol. The first-order chi connectivity index (χ1) is 18.0. The van der Waals surface area contributed by atoms with Crippen molar-refractivity contribution in [2.24, 2.45) is 0 Å². The van der Waals surface area contributed by atoms with Crippen molar-refractivity contribution in [2.75, 3.05) is 13.2 Å². The van der Waals surface area contributed by atoms with Gasteiger partial charge >= 0.3 is 6.09 Å². The Hall–Kier alpha value is -3.58. The highest BCUT2D eigenvalue weighted by Crippen LogP contribution is 2.48. The maximum absolute atomic E-state index is 13.5. The topological polar surface area (TPSA) is 88.1 Å². The highest BCUT2D eigenvalue weighted by Gasteiger charge is 2.46. The minimum atomic E-state index is -0.626. The molecule has 1 heterocycles. The number of aryl methyl sites for hydroxylation is 1. The van der Waals surface area contributed by atoms with Gasteiger partial charge in [-0.1, -0.05) is 48.5 Å². The first-order valence-corrected chi connectivity index (χ1v) is 13.3. The van der Waals surface area contributed by atoms with Crippen molar-refractivity contribution in [1.29, 1.82) is 0 Å².